The van der Waals surface area contributed by atoms with Gasteiger partial charge < -0.3 is 5.73 Å². The molecule has 4 N–H and O–H groups in total. The first-order valence-corrected chi connectivity index (χ1v) is 7.52. The van der Waals surface area contributed by atoms with Crippen LogP contribution in [0.4, 0.5) is 4.79 Å². The summed E-state index contributed by atoms with van der Waals surface area (Å²) in [6.07, 6.45) is 0. The molecule has 0 radical (unpaired) electrons. The molecular formula is C17H18ClN3O2. The third-order valence-corrected chi connectivity index (χ3v) is 3.64. The van der Waals surface area contributed by atoms with E-state index in [-0.39, 0.29) is 6.04 Å². The van der Waals surface area contributed by atoms with E-state index in [1.165, 1.54) is 0 Å². The molecule has 0 aromatic heterocycles. The highest BCUT2D eigenvalue weighted by Gasteiger charge is 2.23. The number of amides is 3. The van der Waals surface area contributed by atoms with E-state index < -0.39 is 18.0 Å². The van der Waals surface area contributed by atoms with Gasteiger partial charge in [0.25, 0.3) is 0 Å². The van der Waals surface area contributed by atoms with Crippen molar-refractivity contribution in [3.8, 4) is 0 Å². The molecule has 0 fully saturated rings. The number of carbonyl (C=O) groups is 2. The van der Waals surface area contributed by atoms with Crippen LogP contribution in [0.15, 0.2) is 54.6 Å². The number of nitrogens with one attached hydrogen (secondary N) is 2. The van der Waals surface area contributed by atoms with Crippen molar-refractivity contribution in [2.45, 2.75) is 19.0 Å². The maximum atomic E-state index is 12.3. The summed E-state index contributed by atoms with van der Waals surface area (Å²) in [6.45, 7) is 1.92. The third kappa shape index (κ3) is 4.81. The molecule has 23 heavy (non-hydrogen) atoms. The molecule has 0 saturated heterocycles. The number of nitrogens with two attached hydrogens (primary N) is 1. The standard InChI is InChI=1S/C17H18ClN3O2/c1-11(13-8-5-9-14(18)10-13)20-15(16(22)21-17(19)23)12-6-3-2-4-7-12/h2-11,15,20H,1H3,(H3,19,21,22,23)/t11-,15-/m1/s1. The molecule has 3 amide bonds. The van der Waals surface area contributed by atoms with Crippen LogP contribution in [0, 0.1) is 0 Å². The summed E-state index contributed by atoms with van der Waals surface area (Å²) in [5, 5.41) is 5.94. The second kappa shape index (κ2) is 7.76. The highest BCUT2D eigenvalue weighted by molar-refractivity contribution is 6.30. The minimum atomic E-state index is -0.881. The Hall–Kier alpha value is -2.37. The Balaban J connectivity index is 2.23. The van der Waals surface area contributed by atoms with Crippen molar-refractivity contribution < 1.29 is 9.59 Å². The molecule has 2 aromatic rings. The van der Waals surface area contributed by atoms with Gasteiger partial charge in [-0.2, -0.15) is 0 Å². The van der Waals surface area contributed by atoms with Gasteiger partial charge in [0.05, 0.1) is 0 Å². The molecule has 0 saturated carbocycles. The van der Waals surface area contributed by atoms with E-state index in [1.807, 2.05) is 55.5 Å². The zero-order chi connectivity index (χ0) is 16.8. The number of urea groups is 1. The van der Waals surface area contributed by atoms with Crippen LogP contribution in [0.5, 0.6) is 0 Å². The van der Waals surface area contributed by atoms with E-state index in [2.05, 4.69) is 10.6 Å². The average molecular weight is 332 g/mol. The lowest BCUT2D eigenvalue weighted by Gasteiger charge is -2.23. The smallest absolute Gasteiger partial charge is 0.318 e. The van der Waals surface area contributed by atoms with Gasteiger partial charge >= 0.3 is 6.03 Å². The van der Waals surface area contributed by atoms with Gasteiger partial charge in [-0.05, 0) is 30.2 Å². The maximum Gasteiger partial charge on any atom is 0.318 e. The Morgan fingerprint density at radius 1 is 1.04 bits per heavy atom. The van der Waals surface area contributed by atoms with Gasteiger partial charge in [0.15, 0.2) is 0 Å². The molecule has 5 nitrogen and oxygen atoms in total. The molecule has 0 aliphatic heterocycles. The first kappa shape index (κ1) is 17.0. The Labute approximate surface area is 139 Å². The van der Waals surface area contributed by atoms with Gasteiger partial charge in [0.2, 0.25) is 5.91 Å². The second-order valence-electron chi connectivity index (χ2n) is 5.14. The second-order valence-corrected chi connectivity index (χ2v) is 5.58. The minimum Gasteiger partial charge on any atom is -0.351 e. The van der Waals surface area contributed by atoms with Crippen LogP contribution >= 0.6 is 11.6 Å². The van der Waals surface area contributed by atoms with Gasteiger partial charge in [-0.1, -0.05) is 54.1 Å². The van der Waals surface area contributed by atoms with Gasteiger partial charge in [0.1, 0.15) is 6.04 Å². The molecule has 0 unspecified atom stereocenters. The summed E-state index contributed by atoms with van der Waals surface area (Å²) in [6, 6.07) is 14.7. The van der Waals surface area contributed by atoms with Gasteiger partial charge in [0, 0.05) is 11.1 Å². The van der Waals surface area contributed by atoms with Crippen LogP contribution < -0.4 is 16.4 Å². The Morgan fingerprint density at radius 2 is 1.70 bits per heavy atom. The molecule has 0 spiro atoms. The zero-order valence-electron chi connectivity index (χ0n) is 12.6. The minimum absolute atomic E-state index is 0.155. The van der Waals surface area contributed by atoms with E-state index in [9.17, 15) is 9.59 Å². The van der Waals surface area contributed by atoms with Crippen molar-refractivity contribution in [1.29, 1.82) is 0 Å². The molecule has 2 rings (SSSR count). The molecule has 2 atom stereocenters. The molecule has 0 bridgehead atoms. The van der Waals surface area contributed by atoms with E-state index in [4.69, 9.17) is 17.3 Å². The predicted molar refractivity (Wildman–Crippen MR) is 89.9 cm³/mol. The summed E-state index contributed by atoms with van der Waals surface area (Å²) in [7, 11) is 0. The van der Waals surface area contributed by atoms with Crippen molar-refractivity contribution in [3.63, 3.8) is 0 Å². The molecule has 2 aromatic carbocycles. The summed E-state index contributed by atoms with van der Waals surface area (Å²) < 4.78 is 0. The van der Waals surface area contributed by atoms with Crippen molar-refractivity contribution in [2.24, 2.45) is 5.73 Å². The summed E-state index contributed by atoms with van der Waals surface area (Å²) in [4.78, 5) is 23.3. The zero-order valence-corrected chi connectivity index (χ0v) is 13.4. The summed E-state index contributed by atoms with van der Waals surface area (Å²) in [5.41, 5.74) is 6.73. The summed E-state index contributed by atoms with van der Waals surface area (Å²) >= 11 is 6.01. The van der Waals surface area contributed by atoms with Crippen molar-refractivity contribution in [1.82, 2.24) is 10.6 Å². The fourth-order valence-electron chi connectivity index (χ4n) is 2.28. The molecule has 0 heterocycles. The molecular weight excluding hydrogens is 314 g/mol. The largest absolute Gasteiger partial charge is 0.351 e. The lowest BCUT2D eigenvalue weighted by Crippen LogP contribution is -2.43. The number of benzene rings is 2. The van der Waals surface area contributed by atoms with Crippen LogP contribution in [0.25, 0.3) is 0 Å². The highest BCUT2D eigenvalue weighted by Crippen LogP contribution is 2.22. The van der Waals surface area contributed by atoms with Gasteiger partial charge in [-0.25, -0.2) is 4.79 Å². The Bertz CT molecular complexity index is 691. The van der Waals surface area contributed by atoms with E-state index in [0.717, 1.165) is 11.1 Å². The topological polar surface area (TPSA) is 84.2 Å². The first-order valence-electron chi connectivity index (χ1n) is 7.14. The number of halogens is 1. The monoisotopic (exact) mass is 331 g/mol. The number of imide groups is 1. The van der Waals surface area contributed by atoms with Crippen molar-refractivity contribution in [2.75, 3.05) is 0 Å². The van der Waals surface area contributed by atoms with Gasteiger partial charge in [-0.3, -0.25) is 15.4 Å². The van der Waals surface area contributed by atoms with E-state index in [0.29, 0.717) is 5.02 Å². The fraction of sp³-hybridized carbons (Fsp3) is 0.176. The van der Waals surface area contributed by atoms with E-state index >= 15 is 0 Å². The first-order chi connectivity index (χ1) is 11.0. The normalized spacial score (nSPS) is 13.1. The van der Waals surface area contributed by atoms with Crippen LogP contribution in [0.3, 0.4) is 0 Å². The number of primary amides is 1. The van der Waals surface area contributed by atoms with Crippen molar-refractivity contribution >= 4 is 23.5 Å². The lowest BCUT2D eigenvalue weighted by molar-refractivity contribution is -0.122. The van der Waals surface area contributed by atoms with Crippen molar-refractivity contribution in [3.05, 3.63) is 70.7 Å². The molecule has 120 valence electrons. The maximum absolute atomic E-state index is 12.3. The number of hydrogen-bond donors (Lipinski definition) is 3. The van der Waals surface area contributed by atoms with Gasteiger partial charge in [-0.15, -0.1) is 0 Å². The predicted octanol–water partition coefficient (Wildman–Crippen LogP) is 2.93. The van der Waals surface area contributed by atoms with E-state index in [1.54, 1.807) is 6.07 Å². The Kier molecular flexibility index (Phi) is 5.73. The Morgan fingerprint density at radius 3 is 2.30 bits per heavy atom. The van der Waals surface area contributed by atoms with Crippen LogP contribution in [0.1, 0.15) is 30.1 Å². The number of carbonyl (C=O) groups excluding carboxylic acids is 2. The van der Waals surface area contributed by atoms with Crippen LogP contribution in [-0.2, 0) is 4.79 Å². The third-order valence-electron chi connectivity index (χ3n) is 3.41. The molecule has 0 aliphatic carbocycles. The fourth-order valence-corrected chi connectivity index (χ4v) is 2.48. The number of rotatable bonds is 5. The van der Waals surface area contributed by atoms with Crippen LogP contribution in [-0.4, -0.2) is 11.9 Å². The molecule has 0 aliphatic rings. The number of hydrogen-bond acceptors (Lipinski definition) is 3. The lowest BCUT2D eigenvalue weighted by atomic mass is 10.0. The highest BCUT2D eigenvalue weighted by atomic mass is 35.5. The van der Waals surface area contributed by atoms with Crippen LogP contribution in [0.2, 0.25) is 5.02 Å². The summed E-state index contributed by atoms with van der Waals surface area (Å²) in [5.74, 6) is -0.502. The molecule has 6 heteroatoms. The quantitative estimate of drug-likeness (QED) is 0.787. The average Bonchev–Trinajstić information content (AvgIpc) is 2.52. The SMILES string of the molecule is C[C@@H](N[C@@H](C(=O)NC(N)=O)c1ccccc1)c1cccc(Cl)c1.